The second kappa shape index (κ2) is 6.76. The molecule has 0 saturated carbocycles. The number of rotatable bonds is 6. The third kappa shape index (κ3) is 3.85. The highest BCUT2D eigenvalue weighted by Crippen LogP contribution is 2.13. The highest BCUT2D eigenvalue weighted by atomic mass is 16.5. The Morgan fingerprint density at radius 1 is 1.33 bits per heavy atom. The van der Waals surface area contributed by atoms with E-state index in [1.807, 2.05) is 0 Å². The van der Waals surface area contributed by atoms with E-state index < -0.39 is 24.0 Å². The molecule has 0 aliphatic rings. The van der Waals surface area contributed by atoms with Gasteiger partial charge in [-0.05, 0) is 19.4 Å². The fourth-order valence-corrected chi connectivity index (χ4v) is 1.52. The summed E-state index contributed by atoms with van der Waals surface area (Å²) >= 11 is 0. The third-order valence-corrected chi connectivity index (χ3v) is 2.45. The average Bonchev–Trinajstić information content (AvgIpc) is 2.36. The molecule has 0 aliphatic heterocycles. The van der Waals surface area contributed by atoms with Gasteiger partial charge in [0.05, 0.1) is 0 Å². The number of carboxylic acid groups (broad SMARTS) is 1. The van der Waals surface area contributed by atoms with Crippen molar-refractivity contribution in [1.29, 1.82) is 0 Å². The Kier molecular flexibility index (Phi) is 5.32. The number of hydrogen-bond acceptors (Lipinski definition) is 3. The van der Waals surface area contributed by atoms with Crippen LogP contribution in [0.5, 0.6) is 0 Å². The van der Waals surface area contributed by atoms with E-state index in [0.29, 0.717) is 12.2 Å². The van der Waals surface area contributed by atoms with Gasteiger partial charge >= 0.3 is 5.97 Å². The first-order valence-electron chi connectivity index (χ1n) is 5.76. The zero-order valence-electron chi connectivity index (χ0n) is 10.4. The quantitative estimate of drug-likeness (QED) is 0.800. The Hall–Kier alpha value is -1.88. The largest absolute Gasteiger partial charge is 0.479 e. The summed E-state index contributed by atoms with van der Waals surface area (Å²) in [5, 5.41) is 11.6. The van der Waals surface area contributed by atoms with Gasteiger partial charge in [-0.1, -0.05) is 30.3 Å². The van der Waals surface area contributed by atoms with E-state index in [1.165, 1.54) is 0 Å². The summed E-state index contributed by atoms with van der Waals surface area (Å²) in [7, 11) is 0. The summed E-state index contributed by atoms with van der Waals surface area (Å²) in [5.41, 5.74) is 0.530. The summed E-state index contributed by atoms with van der Waals surface area (Å²) in [6.07, 6.45) is -0.666. The van der Waals surface area contributed by atoms with Gasteiger partial charge in [-0.15, -0.1) is 0 Å². The van der Waals surface area contributed by atoms with Crippen molar-refractivity contribution in [3.05, 3.63) is 35.9 Å². The van der Waals surface area contributed by atoms with Gasteiger partial charge in [-0.3, -0.25) is 4.79 Å². The van der Waals surface area contributed by atoms with Crippen LogP contribution in [0.4, 0.5) is 0 Å². The van der Waals surface area contributed by atoms with E-state index >= 15 is 0 Å². The Labute approximate surface area is 106 Å². The minimum absolute atomic E-state index is 0.400. The number of ether oxygens (including phenoxy) is 1. The molecule has 1 aromatic carbocycles. The molecule has 2 N–H and O–H groups in total. The molecule has 1 unspecified atom stereocenters. The molecule has 2 atom stereocenters. The normalized spacial score (nSPS) is 13.7. The maximum atomic E-state index is 11.7. The molecule has 98 valence electrons. The zero-order valence-corrected chi connectivity index (χ0v) is 10.4. The number of nitrogens with one attached hydrogen (secondary N) is 1. The van der Waals surface area contributed by atoms with Gasteiger partial charge in [0.1, 0.15) is 6.10 Å². The predicted octanol–water partition coefficient (Wildman–Crippen LogP) is 1.35. The van der Waals surface area contributed by atoms with Crippen LogP contribution < -0.4 is 5.32 Å². The number of carbonyl (C=O) groups is 2. The molecule has 0 saturated heterocycles. The summed E-state index contributed by atoms with van der Waals surface area (Å²) in [6, 6.07) is 7.50. The molecule has 0 bridgehead atoms. The number of carbonyl (C=O) groups excluding carboxylic acids is 1. The SMILES string of the molecule is CCOC(C)C(=O)N[C@H](C(=O)O)c1ccccc1. The molecule has 0 spiro atoms. The van der Waals surface area contributed by atoms with Gasteiger partial charge in [0.15, 0.2) is 6.04 Å². The Bertz CT molecular complexity index is 405. The summed E-state index contributed by atoms with van der Waals surface area (Å²) in [4.78, 5) is 22.9. The molecule has 0 heterocycles. The van der Waals surface area contributed by atoms with E-state index in [2.05, 4.69) is 5.32 Å². The molecule has 0 radical (unpaired) electrons. The van der Waals surface area contributed by atoms with Gasteiger partial charge in [-0.25, -0.2) is 4.79 Å². The van der Waals surface area contributed by atoms with Crippen molar-refractivity contribution in [1.82, 2.24) is 5.32 Å². The number of aliphatic carboxylic acids is 1. The smallest absolute Gasteiger partial charge is 0.330 e. The standard InChI is InChI=1S/C13H17NO4/c1-3-18-9(2)12(15)14-11(13(16)17)10-7-5-4-6-8-10/h4-9,11H,3H2,1-2H3,(H,14,15)(H,16,17)/t9?,11-/m0/s1. The minimum atomic E-state index is -1.10. The van der Waals surface area contributed by atoms with E-state index in [-0.39, 0.29) is 0 Å². The van der Waals surface area contributed by atoms with Crippen LogP contribution in [0, 0.1) is 0 Å². The Morgan fingerprint density at radius 2 is 1.94 bits per heavy atom. The first kappa shape index (κ1) is 14.2. The molecule has 5 heteroatoms. The van der Waals surface area contributed by atoms with Gasteiger partial charge in [0, 0.05) is 6.61 Å². The average molecular weight is 251 g/mol. The van der Waals surface area contributed by atoms with Crippen LogP contribution in [0.15, 0.2) is 30.3 Å². The molecule has 18 heavy (non-hydrogen) atoms. The van der Waals surface area contributed by atoms with E-state index in [4.69, 9.17) is 9.84 Å². The van der Waals surface area contributed by atoms with Crippen molar-refractivity contribution >= 4 is 11.9 Å². The van der Waals surface area contributed by atoms with Crippen molar-refractivity contribution in [2.45, 2.75) is 26.0 Å². The Balaban J connectivity index is 2.76. The highest BCUT2D eigenvalue weighted by molar-refractivity contribution is 5.86. The lowest BCUT2D eigenvalue weighted by Gasteiger charge is -2.18. The van der Waals surface area contributed by atoms with Crippen LogP contribution >= 0.6 is 0 Å². The maximum Gasteiger partial charge on any atom is 0.330 e. The Morgan fingerprint density at radius 3 is 2.44 bits per heavy atom. The minimum Gasteiger partial charge on any atom is -0.479 e. The highest BCUT2D eigenvalue weighted by Gasteiger charge is 2.24. The lowest BCUT2D eigenvalue weighted by Crippen LogP contribution is -2.40. The molecule has 0 fully saturated rings. The van der Waals surface area contributed by atoms with Crippen molar-refractivity contribution in [2.24, 2.45) is 0 Å². The van der Waals surface area contributed by atoms with Gasteiger partial charge in [0.25, 0.3) is 0 Å². The van der Waals surface area contributed by atoms with Crippen LogP contribution in [0.3, 0.4) is 0 Å². The van der Waals surface area contributed by atoms with Gasteiger partial charge in [-0.2, -0.15) is 0 Å². The second-order valence-electron chi connectivity index (χ2n) is 3.79. The first-order valence-corrected chi connectivity index (χ1v) is 5.76. The summed E-state index contributed by atoms with van der Waals surface area (Å²) in [6.45, 7) is 3.76. The number of benzene rings is 1. The van der Waals surface area contributed by atoms with Crippen LogP contribution in [0.25, 0.3) is 0 Å². The second-order valence-corrected chi connectivity index (χ2v) is 3.79. The van der Waals surface area contributed by atoms with Crippen molar-refractivity contribution in [2.75, 3.05) is 6.61 Å². The predicted molar refractivity (Wildman–Crippen MR) is 66.0 cm³/mol. The van der Waals surface area contributed by atoms with Crippen LogP contribution in [-0.4, -0.2) is 29.7 Å². The van der Waals surface area contributed by atoms with Crippen molar-refractivity contribution in [3.63, 3.8) is 0 Å². The maximum absolute atomic E-state index is 11.7. The molecular formula is C13H17NO4. The first-order chi connectivity index (χ1) is 8.56. The monoisotopic (exact) mass is 251 g/mol. The fraction of sp³-hybridized carbons (Fsp3) is 0.385. The van der Waals surface area contributed by atoms with E-state index in [1.54, 1.807) is 44.2 Å². The molecule has 5 nitrogen and oxygen atoms in total. The van der Waals surface area contributed by atoms with Gasteiger partial charge in [0.2, 0.25) is 5.91 Å². The number of amides is 1. The van der Waals surface area contributed by atoms with Gasteiger partial charge < -0.3 is 15.2 Å². The summed E-state index contributed by atoms with van der Waals surface area (Å²) in [5.74, 6) is -1.54. The van der Waals surface area contributed by atoms with Crippen LogP contribution in [0.1, 0.15) is 25.5 Å². The molecule has 0 aliphatic carbocycles. The lowest BCUT2D eigenvalue weighted by atomic mass is 10.1. The van der Waals surface area contributed by atoms with E-state index in [9.17, 15) is 9.59 Å². The fourth-order valence-electron chi connectivity index (χ4n) is 1.52. The molecule has 1 amide bonds. The molecular weight excluding hydrogens is 234 g/mol. The van der Waals surface area contributed by atoms with Crippen molar-refractivity contribution < 1.29 is 19.4 Å². The molecule has 0 aromatic heterocycles. The molecule has 1 aromatic rings. The lowest BCUT2D eigenvalue weighted by molar-refractivity contribution is -0.144. The van der Waals surface area contributed by atoms with E-state index in [0.717, 1.165) is 0 Å². The third-order valence-electron chi connectivity index (χ3n) is 2.45. The topological polar surface area (TPSA) is 75.6 Å². The zero-order chi connectivity index (χ0) is 13.5. The van der Waals surface area contributed by atoms with Crippen LogP contribution in [0.2, 0.25) is 0 Å². The van der Waals surface area contributed by atoms with Crippen LogP contribution in [-0.2, 0) is 14.3 Å². The number of carboxylic acids is 1. The number of hydrogen-bond donors (Lipinski definition) is 2. The van der Waals surface area contributed by atoms with Crippen molar-refractivity contribution in [3.8, 4) is 0 Å². The molecule has 1 rings (SSSR count). The summed E-state index contributed by atoms with van der Waals surface area (Å²) < 4.78 is 5.12.